The number of piperazine rings is 1. The molecular formula is C19H25F3N6O3S. The topological polar surface area (TPSA) is 112 Å². The highest BCUT2D eigenvalue weighted by molar-refractivity contribution is 7.89. The van der Waals surface area contributed by atoms with Gasteiger partial charge in [-0.15, -0.1) is 0 Å². The number of nitrogens with zero attached hydrogens (tertiary/aromatic N) is 5. The third-order valence-corrected chi connectivity index (χ3v) is 7.17. The van der Waals surface area contributed by atoms with E-state index in [4.69, 9.17) is 0 Å². The summed E-state index contributed by atoms with van der Waals surface area (Å²) in [5, 5.41) is 9.39. The summed E-state index contributed by atoms with van der Waals surface area (Å²) < 4.78 is 64.9. The van der Waals surface area contributed by atoms with Crippen LogP contribution in [0.4, 0.5) is 19.0 Å². The van der Waals surface area contributed by atoms with Crippen LogP contribution in [0.2, 0.25) is 0 Å². The van der Waals surface area contributed by atoms with Gasteiger partial charge < -0.3 is 10.1 Å². The number of anilines is 1. The van der Waals surface area contributed by atoms with Gasteiger partial charge in [-0.05, 0) is 31.0 Å². The minimum Gasteiger partial charge on any atom is -0.354 e. The van der Waals surface area contributed by atoms with Crippen molar-refractivity contribution < 1.29 is 26.8 Å². The average molecular weight is 475 g/mol. The minimum absolute atomic E-state index is 0.182. The van der Waals surface area contributed by atoms with E-state index in [1.54, 1.807) is 23.4 Å². The summed E-state index contributed by atoms with van der Waals surface area (Å²) in [4.78, 5) is 13.8. The van der Waals surface area contributed by atoms with Crippen LogP contribution < -0.4 is 10.4 Å². The van der Waals surface area contributed by atoms with Gasteiger partial charge in [-0.2, -0.15) is 17.5 Å². The van der Waals surface area contributed by atoms with Crippen LogP contribution >= 0.6 is 0 Å². The number of hydroxylamine groups is 1. The molecule has 0 aliphatic carbocycles. The highest BCUT2D eigenvalue weighted by atomic mass is 32.2. The number of aromatic nitrogens is 3. The highest BCUT2D eigenvalue weighted by Gasteiger charge is 2.32. The van der Waals surface area contributed by atoms with Crippen LogP contribution in [0.5, 0.6) is 0 Å². The van der Waals surface area contributed by atoms with Crippen LogP contribution in [0.3, 0.4) is 0 Å². The smallest absolute Gasteiger partial charge is 0.354 e. The first kappa shape index (κ1) is 24.3. The summed E-state index contributed by atoms with van der Waals surface area (Å²) in [7, 11) is -3.64. The van der Waals surface area contributed by atoms with E-state index < -0.39 is 27.8 Å². The zero-order chi connectivity index (χ0) is 23.2. The molecule has 13 heteroatoms. The molecule has 2 aromatic rings. The highest BCUT2D eigenvalue weighted by Crippen LogP contribution is 2.29. The molecule has 3 rings (SSSR count). The number of aryl methyl sites for hydroxylation is 1. The van der Waals surface area contributed by atoms with Gasteiger partial charge in [0, 0.05) is 57.2 Å². The predicted octanol–water partition coefficient (Wildman–Crippen LogP) is 1.71. The molecule has 1 saturated heterocycles. The second kappa shape index (κ2) is 10.5. The molecule has 176 valence electrons. The summed E-state index contributed by atoms with van der Waals surface area (Å²) in [6.07, 6.45) is 1.18. The molecule has 0 aromatic carbocycles. The van der Waals surface area contributed by atoms with Gasteiger partial charge in [-0.25, -0.2) is 28.8 Å². The van der Waals surface area contributed by atoms with Gasteiger partial charge in [0.2, 0.25) is 10.0 Å². The average Bonchev–Trinajstić information content (AvgIpc) is 2.78. The molecular weight excluding hydrogens is 449 g/mol. The zero-order valence-corrected chi connectivity index (χ0v) is 18.1. The van der Waals surface area contributed by atoms with Crippen LogP contribution in [-0.4, -0.2) is 70.9 Å². The van der Waals surface area contributed by atoms with Crippen LogP contribution in [0, 0.1) is 0 Å². The monoisotopic (exact) mass is 474 g/mol. The maximum atomic E-state index is 12.8. The Labute approximate surface area is 184 Å². The number of sulfonamides is 1. The van der Waals surface area contributed by atoms with Gasteiger partial charge in [-0.3, -0.25) is 0 Å². The van der Waals surface area contributed by atoms with Gasteiger partial charge in [-0.1, -0.05) is 0 Å². The van der Waals surface area contributed by atoms with E-state index in [1.807, 2.05) is 0 Å². The number of hydrogen-bond acceptors (Lipinski definition) is 8. The molecule has 3 heterocycles. The molecule has 1 atom stereocenters. The summed E-state index contributed by atoms with van der Waals surface area (Å²) in [6.45, 7) is 0.975. The molecule has 0 amide bonds. The largest absolute Gasteiger partial charge is 0.417 e. The Kier molecular flexibility index (Phi) is 7.98. The molecule has 1 aliphatic rings. The first-order valence-electron chi connectivity index (χ1n) is 10.1. The summed E-state index contributed by atoms with van der Waals surface area (Å²) >= 11 is 0. The third-order valence-electron chi connectivity index (χ3n) is 5.20. The van der Waals surface area contributed by atoms with Crippen molar-refractivity contribution in [3.8, 4) is 0 Å². The maximum absolute atomic E-state index is 12.8. The van der Waals surface area contributed by atoms with Crippen LogP contribution in [0.25, 0.3) is 0 Å². The first-order valence-corrected chi connectivity index (χ1v) is 11.7. The van der Waals surface area contributed by atoms with Crippen molar-refractivity contribution in [2.75, 3.05) is 36.8 Å². The van der Waals surface area contributed by atoms with Crippen molar-refractivity contribution in [3.05, 3.63) is 48.2 Å². The lowest BCUT2D eigenvalue weighted by molar-refractivity contribution is -0.137. The Balaban J connectivity index is 1.49. The molecule has 32 heavy (non-hydrogen) atoms. The first-order chi connectivity index (χ1) is 15.2. The van der Waals surface area contributed by atoms with Crippen molar-refractivity contribution in [1.29, 1.82) is 0 Å². The summed E-state index contributed by atoms with van der Waals surface area (Å²) in [5.41, 5.74) is 1.25. The molecule has 1 fully saturated rings. The Hall–Kier alpha value is -2.35. The normalized spacial score (nSPS) is 16.8. The standard InChI is InChI=1S/C19H25F3N6O3S/c20-19(21,22)15-5-6-18(25-13-15)27-9-11-28(12-10-27)32(30,31)14-16(26-29)3-1-4-17-23-7-2-8-24-17/h2,5-8,13,16,26,29H,1,3-4,9-12,14H2. The fourth-order valence-electron chi connectivity index (χ4n) is 3.45. The molecule has 0 bridgehead atoms. The van der Waals surface area contributed by atoms with Crippen LogP contribution in [-0.2, 0) is 22.6 Å². The number of pyridine rings is 1. The number of halogens is 3. The lowest BCUT2D eigenvalue weighted by Gasteiger charge is -2.35. The number of nitrogens with one attached hydrogen (secondary N) is 1. The van der Waals surface area contributed by atoms with E-state index in [2.05, 4.69) is 20.4 Å². The van der Waals surface area contributed by atoms with E-state index in [1.165, 1.54) is 10.4 Å². The Morgan fingerprint density at radius 2 is 1.78 bits per heavy atom. The van der Waals surface area contributed by atoms with Crippen LogP contribution in [0.1, 0.15) is 24.2 Å². The zero-order valence-electron chi connectivity index (χ0n) is 17.2. The summed E-state index contributed by atoms with van der Waals surface area (Å²) in [5.74, 6) is 0.755. The van der Waals surface area contributed by atoms with Crippen molar-refractivity contribution >= 4 is 15.8 Å². The third kappa shape index (κ3) is 6.58. The van der Waals surface area contributed by atoms with E-state index in [-0.39, 0.29) is 18.8 Å². The van der Waals surface area contributed by atoms with Crippen molar-refractivity contribution in [2.24, 2.45) is 0 Å². The Morgan fingerprint density at radius 1 is 1.09 bits per heavy atom. The molecule has 0 spiro atoms. The van der Waals surface area contributed by atoms with Crippen molar-refractivity contribution in [2.45, 2.75) is 31.5 Å². The fraction of sp³-hybridized carbons (Fsp3) is 0.526. The van der Waals surface area contributed by atoms with E-state index in [0.717, 1.165) is 12.3 Å². The number of alkyl halides is 3. The van der Waals surface area contributed by atoms with Gasteiger partial charge in [0.15, 0.2) is 0 Å². The molecule has 1 aliphatic heterocycles. The van der Waals surface area contributed by atoms with E-state index in [0.29, 0.717) is 44.0 Å². The molecule has 2 aromatic heterocycles. The van der Waals surface area contributed by atoms with E-state index in [9.17, 15) is 26.8 Å². The Bertz CT molecular complexity index is 953. The SMILES string of the molecule is O=S(=O)(CC(CCCc1ncccn1)NO)N1CCN(c2ccc(C(F)(F)F)cn2)CC1. The molecule has 0 radical (unpaired) electrons. The molecule has 2 N–H and O–H groups in total. The van der Waals surface area contributed by atoms with Gasteiger partial charge in [0.1, 0.15) is 11.6 Å². The lowest BCUT2D eigenvalue weighted by atomic mass is 10.1. The molecule has 0 saturated carbocycles. The summed E-state index contributed by atoms with van der Waals surface area (Å²) in [6, 6.07) is 3.32. The number of rotatable bonds is 9. The lowest BCUT2D eigenvalue weighted by Crippen LogP contribution is -2.51. The van der Waals surface area contributed by atoms with E-state index >= 15 is 0 Å². The predicted molar refractivity (Wildman–Crippen MR) is 110 cm³/mol. The Morgan fingerprint density at radius 3 is 2.34 bits per heavy atom. The second-order valence-corrected chi connectivity index (χ2v) is 9.46. The quantitative estimate of drug-likeness (QED) is 0.529. The minimum atomic E-state index is -4.45. The maximum Gasteiger partial charge on any atom is 0.417 e. The van der Waals surface area contributed by atoms with Gasteiger partial charge in [0.25, 0.3) is 0 Å². The van der Waals surface area contributed by atoms with Gasteiger partial charge >= 0.3 is 6.18 Å². The molecule has 1 unspecified atom stereocenters. The van der Waals surface area contributed by atoms with Crippen molar-refractivity contribution in [3.63, 3.8) is 0 Å². The van der Waals surface area contributed by atoms with Crippen molar-refractivity contribution in [1.82, 2.24) is 24.7 Å². The van der Waals surface area contributed by atoms with Gasteiger partial charge in [0.05, 0.1) is 11.3 Å². The number of hydrogen-bond donors (Lipinski definition) is 2. The second-order valence-electron chi connectivity index (χ2n) is 7.45. The van der Waals surface area contributed by atoms with Crippen LogP contribution in [0.15, 0.2) is 36.8 Å². The molecule has 9 nitrogen and oxygen atoms in total. The fourth-order valence-corrected chi connectivity index (χ4v) is 5.13.